The minimum Gasteiger partial charge on any atom is -0.462 e. The Morgan fingerprint density at radius 3 is 2.09 bits per heavy atom. The highest BCUT2D eigenvalue weighted by molar-refractivity contribution is 7.46. The van der Waals surface area contributed by atoms with Gasteiger partial charge in [0.15, 0.2) is 6.10 Å². The van der Waals surface area contributed by atoms with Crippen LogP contribution in [0.25, 0.3) is 0 Å². The van der Waals surface area contributed by atoms with Gasteiger partial charge in [-0.2, -0.15) is 0 Å². The summed E-state index contributed by atoms with van der Waals surface area (Å²) in [5, 5.41) is 9.97. The van der Waals surface area contributed by atoms with E-state index in [-0.39, 0.29) is 19.4 Å². The molecule has 0 saturated heterocycles. The summed E-state index contributed by atoms with van der Waals surface area (Å²) < 4.78 is 26.1. The van der Waals surface area contributed by atoms with Crippen molar-refractivity contribution in [2.75, 3.05) is 13.2 Å². The van der Waals surface area contributed by atoms with Crippen LogP contribution in [-0.4, -0.2) is 52.3 Å². The van der Waals surface area contributed by atoms with Crippen LogP contribution < -0.4 is 0 Å². The Kier molecular flexibility index (Phi) is 29.0. The second-order valence-electron chi connectivity index (χ2n) is 12.2. The number of hydrogen-bond acceptors (Lipinski definition) is 7. The Hall–Kier alpha value is -2.03. The molecule has 0 aromatic heterocycles. The third kappa shape index (κ3) is 33.3. The molecule has 0 spiro atoms. The second-order valence-corrected chi connectivity index (χ2v) is 13.4. The van der Waals surface area contributed by atoms with Crippen molar-refractivity contribution in [1.82, 2.24) is 0 Å². The van der Waals surface area contributed by atoms with E-state index >= 15 is 0 Å². The summed E-state index contributed by atoms with van der Waals surface area (Å²) >= 11 is 0. The molecule has 0 bridgehead atoms. The summed E-state index contributed by atoms with van der Waals surface area (Å²) in [5.74, 6) is -0.251. The Labute approximate surface area is 278 Å². The molecule has 0 saturated carbocycles. The third-order valence-electron chi connectivity index (χ3n) is 7.11. The monoisotopic (exact) mass is 670 g/mol. The van der Waals surface area contributed by atoms with Crippen LogP contribution >= 0.6 is 7.82 Å². The quantitative estimate of drug-likeness (QED) is 0.0225. The van der Waals surface area contributed by atoms with Gasteiger partial charge < -0.3 is 24.4 Å². The smallest absolute Gasteiger partial charge is 0.462 e. The highest BCUT2D eigenvalue weighted by atomic mass is 31.2. The molecule has 0 aromatic carbocycles. The van der Waals surface area contributed by atoms with Crippen LogP contribution in [0, 0.1) is 5.92 Å². The van der Waals surface area contributed by atoms with E-state index < -0.39 is 38.6 Å². The van der Waals surface area contributed by atoms with E-state index in [0.717, 1.165) is 31.6 Å². The zero-order chi connectivity index (χ0) is 34.3. The van der Waals surface area contributed by atoms with Crippen LogP contribution in [0.3, 0.4) is 0 Å². The topological polar surface area (TPSA) is 140 Å². The van der Waals surface area contributed by atoms with Gasteiger partial charge in [-0.15, -0.1) is 0 Å². The number of carbonyl (C=O) groups is 2. The molecule has 266 valence electrons. The van der Waals surface area contributed by atoms with Gasteiger partial charge in [-0.1, -0.05) is 127 Å². The first kappa shape index (κ1) is 44.0. The molecule has 0 radical (unpaired) electrons. The molecular weight excluding hydrogens is 607 g/mol. The highest BCUT2D eigenvalue weighted by Gasteiger charge is 2.22. The first-order chi connectivity index (χ1) is 22.0. The van der Waals surface area contributed by atoms with E-state index in [1.165, 1.54) is 44.9 Å². The molecule has 0 unspecified atom stereocenters. The summed E-state index contributed by atoms with van der Waals surface area (Å²) in [6.45, 7) is 5.76. The number of esters is 2. The average Bonchev–Trinajstić information content (AvgIpc) is 2.99. The van der Waals surface area contributed by atoms with Crippen LogP contribution in [0.1, 0.15) is 136 Å². The van der Waals surface area contributed by atoms with E-state index in [0.29, 0.717) is 32.1 Å². The lowest BCUT2D eigenvalue weighted by Gasteiger charge is -2.18. The summed E-state index contributed by atoms with van der Waals surface area (Å²) in [6, 6.07) is 0. The molecule has 0 aliphatic rings. The number of allylic oxidation sites excluding steroid dienone is 6. The molecule has 0 rings (SSSR count). The largest absolute Gasteiger partial charge is 0.469 e. The number of rotatable bonds is 30. The number of aliphatic hydroxyl groups excluding tert-OH is 1. The van der Waals surface area contributed by atoms with Crippen LogP contribution in [0.2, 0.25) is 0 Å². The SMILES string of the molecule is CCCCC/C=C\C[C@H](O)/C=C/C=C\C/C=C\CCCC(=O)O[C@H](COC(=O)CCCCCCCCCC(C)C)COP(=O)(O)O. The molecular formula is C36H63O9P. The molecule has 46 heavy (non-hydrogen) atoms. The van der Waals surface area contributed by atoms with E-state index in [1.807, 2.05) is 36.5 Å². The third-order valence-corrected chi connectivity index (χ3v) is 7.59. The zero-order valence-corrected chi connectivity index (χ0v) is 29.6. The Morgan fingerprint density at radius 2 is 1.39 bits per heavy atom. The van der Waals surface area contributed by atoms with E-state index in [2.05, 4.69) is 31.4 Å². The lowest BCUT2D eigenvalue weighted by molar-refractivity contribution is -0.161. The fraction of sp³-hybridized carbons (Fsp3) is 0.722. The van der Waals surface area contributed by atoms with Gasteiger partial charge in [0.05, 0.1) is 12.7 Å². The van der Waals surface area contributed by atoms with E-state index in [1.54, 1.807) is 6.08 Å². The molecule has 10 heteroatoms. The summed E-state index contributed by atoms with van der Waals surface area (Å²) in [7, 11) is -4.78. The number of aliphatic hydroxyl groups is 1. The maximum Gasteiger partial charge on any atom is 0.469 e. The maximum absolute atomic E-state index is 12.3. The first-order valence-electron chi connectivity index (χ1n) is 17.4. The number of phosphoric acid groups is 1. The van der Waals surface area contributed by atoms with Crippen molar-refractivity contribution >= 4 is 19.8 Å². The fourth-order valence-electron chi connectivity index (χ4n) is 4.46. The summed E-state index contributed by atoms with van der Waals surface area (Å²) in [5.41, 5.74) is 0. The Morgan fingerprint density at radius 1 is 0.739 bits per heavy atom. The summed E-state index contributed by atoms with van der Waals surface area (Å²) in [6.07, 6.45) is 30.3. The standard InChI is InChI=1S/C36H63O9P/c1-4-5-6-7-16-21-26-33(37)27-22-17-12-8-9-13-19-24-29-36(39)45-34(31-44-46(40,41)42)30-43-35(38)28-23-18-14-10-11-15-20-25-32(2)3/h9,12-13,16-17,21-22,27,32-34,37H,4-8,10-11,14-15,18-20,23-26,28-31H2,1-3H3,(H2,40,41,42)/b13-9-,17-12-,21-16-,27-22+/t33-,34+/m0/s1. The number of hydrogen-bond donors (Lipinski definition) is 3. The van der Waals surface area contributed by atoms with Crippen molar-refractivity contribution < 1.29 is 43.0 Å². The molecule has 0 heterocycles. The average molecular weight is 671 g/mol. The number of unbranched alkanes of at least 4 members (excludes halogenated alkanes) is 10. The highest BCUT2D eigenvalue weighted by Crippen LogP contribution is 2.35. The maximum atomic E-state index is 12.3. The van der Waals surface area contributed by atoms with Gasteiger partial charge in [0.2, 0.25) is 0 Å². The van der Waals surface area contributed by atoms with Gasteiger partial charge in [0, 0.05) is 12.8 Å². The molecule has 0 fully saturated rings. The first-order valence-corrected chi connectivity index (χ1v) is 18.9. The number of ether oxygens (including phenoxy) is 2. The second kappa shape index (κ2) is 30.3. The van der Waals surface area contributed by atoms with Crippen LogP contribution in [0.15, 0.2) is 48.6 Å². The molecule has 0 aliphatic heterocycles. The van der Waals surface area contributed by atoms with Crippen molar-refractivity contribution in [3.63, 3.8) is 0 Å². The van der Waals surface area contributed by atoms with Crippen LogP contribution in [-0.2, 0) is 28.2 Å². The summed E-state index contributed by atoms with van der Waals surface area (Å²) in [4.78, 5) is 42.5. The van der Waals surface area contributed by atoms with Crippen molar-refractivity contribution in [2.24, 2.45) is 5.92 Å². The fourth-order valence-corrected chi connectivity index (χ4v) is 4.82. The molecule has 0 aliphatic carbocycles. The Balaban J connectivity index is 4.21. The minimum absolute atomic E-state index is 0.103. The van der Waals surface area contributed by atoms with Gasteiger partial charge >= 0.3 is 19.8 Å². The van der Waals surface area contributed by atoms with Crippen LogP contribution in [0.4, 0.5) is 0 Å². The number of carbonyl (C=O) groups excluding carboxylic acids is 2. The molecule has 0 aromatic rings. The lowest BCUT2D eigenvalue weighted by Crippen LogP contribution is -2.29. The minimum atomic E-state index is -4.78. The predicted octanol–water partition coefficient (Wildman–Crippen LogP) is 8.83. The van der Waals surface area contributed by atoms with Crippen molar-refractivity contribution in [3.8, 4) is 0 Å². The lowest BCUT2D eigenvalue weighted by atomic mass is 10.0. The van der Waals surface area contributed by atoms with E-state index in [4.69, 9.17) is 19.3 Å². The van der Waals surface area contributed by atoms with Gasteiger partial charge in [0.1, 0.15) is 6.61 Å². The van der Waals surface area contributed by atoms with Gasteiger partial charge in [0.25, 0.3) is 0 Å². The van der Waals surface area contributed by atoms with Gasteiger partial charge in [-0.25, -0.2) is 4.57 Å². The van der Waals surface area contributed by atoms with Crippen molar-refractivity contribution in [3.05, 3.63) is 48.6 Å². The van der Waals surface area contributed by atoms with Crippen molar-refractivity contribution in [2.45, 2.75) is 149 Å². The number of phosphoric ester groups is 1. The van der Waals surface area contributed by atoms with Gasteiger partial charge in [-0.05, 0) is 50.9 Å². The predicted molar refractivity (Wildman–Crippen MR) is 185 cm³/mol. The normalized spacial score (nSPS) is 13.9. The Bertz CT molecular complexity index is 920. The van der Waals surface area contributed by atoms with Crippen LogP contribution in [0.5, 0.6) is 0 Å². The zero-order valence-electron chi connectivity index (χ0n) is 28.7. The van der Waals surface area contributed by atoms with Gasteiger partial charge in [-0.3, -0.25) is 14.1 Å². The molecule has 3 N–H and O–H groups in total. The van der Waals surface area contributed by atoms with Crippen molar-refractivity contribution in [1.29, 1.82) is 0 Å². The molecule has 2 atom stereocenters. The molecule has 9 nitrogen and oxygen atoms in total. The molecule has 0 amide bonds. The van der Waals surface area contributed by atoms with E-state index in [9.17, 15) is 19.3 Å².